The number of dihydropyridines is 1. The molecule has 2 heterocycles. The van der Waals surface area contributed by atoms with Crippen molar-refractivity contribution in [2.75, 3.05) is 16.4 Å². The van der Waals surface area contributed by atoms with Crippen LogP contribution in [0.2, 0.25) is 0 Å². The molecule has 6 nitrogen and oxygen atoms in total. The van der Waals surface area contributed by atoms with Gasteiger partial charge in [-0.05, 0) is 42.6 Å². The summed E-state index contributed by atoms with van der Waals surface area (Å²) in [6, 6.07) is 24.5. The van der Waals surface area contributed by atoms with Gasteiger partial charge in [0.25, 0.3) is 5.91 Å². The third kappa shape index (κ3) is 5.39. The lowest BCUT2D eigenvalue weighted by Gasteiger charge is -2.29. The molecule has 3 aromatic rings. The number of hydrogen-bond donors (Lipinski definition) is 3. The predicted molar refractivity (Wildman–Crippen MR) is 138 cm³/mol. The van der Waals surface area contributed by atoms with Crippen LogP contribution in [0.25, 0.3) is 0 Å². The van der Waals surface area contributed by atoms with Gasteiger partial charge in [0.15, 0.2) is 0 Å². The monoisotopic (exact) mass is 486 g/mol. The number of carbonyl (C=O) groups excluding carboxylic acids is 2. The number of carbonyl (C=O) groups is 2. The fourth-order valence-electron chi connectivity index (χ4n) is 3.64. The van der Waals surface area contributed by atoms with Crippen LogP contribution in [0.4, 0.5) is 11.4 Å². The van der Waals surface area contributed by atoms with Crippen molar-refractivity contribution < 1.29 is 9.59 Å². The SMILES string of the molecule is CC1=C(C(=O)Nc2ccccc2)[C@@H](c2cccs2)C(C#N)=C(SCC(=O)Nc2ccccc2)N1. The summed E-state index contributed by atoms with van der Waals surface area (Å²) in [4.78, 5) is 26.7. The molecule has 1 aromatic heterocycles. The molecule has 2 aromatic carbocycles. The Hall–Kier alpha value is -3.80. The molecule has 2 amide bonds. The van der Waals surface area contributed by atoms with Crippen LogP contribution in [-0.4, -0.2) is 17.6 Å². The molecule has 1 aliphatic rings. The van der Waals surface area contributed by atoms with E-state index < -0.39 is 5.92 Å². The molecule has 0 bridgehead atoms. The minimum atomic E-state index is -0.519. The zero-order valence-electron chi connectivity index (χ0n) is 18.4. The van der Waals surface area contributed by atoms with Crippen molar-refractivity contribution in [3.63, 3.8) is 0 Å². The molecular formula is C26H22N4O2S2. The maximum Gasteiger partial charge on any atom is 0.254 e. The second-order valence-corrected chi connectivity index (χ2v) is 9.45. The number of rotatable bonds is 7. The van der Waals surface area contributed by atoms with Crippen molar-refractivity contribution in [3.05, 3.63) is 105 Å². The topological polar surface area (TPSA) is 94.0 Å². The lowest BCUT2D eigenvalue weighted by atomic mass is 9.86. The number of thioether (sulfide) groups is 1. The first-order valence-electron chi connectivity index (χ1n) is 10.6. The van der Waals surface area contributed by atoms with E-state index in [0.717, 1.165) is 4.88 Å². The normalized spacial score (nSPS) is 15.4. The Kier molecular flexibility index (Phi) is 7.48. The molecule has 1 aliphatic heterocycles. The Morgan fingerprint density at radius 2 is 1.65 bits per heavy atom. The lowest BCUT2D eigenvalue weighted by molar-refractivity contribution is -0.114. The van der Waals surface area contributed by atoms with Crippen LogP contribution in [0.1, 0.15) is 17.7 Å². The van der Waals surface area contributed by atoms with E-state index in [9.17, 15) is 14.9 Å². The first kappa shape index (κ1) is 23.4. The first-order valence-corrected chi connectivity index (χ1v) is 12.4. The molecular weight excluding hydrogens is 464 g/mol. The van der Waals surface area contributed by atoms with Gasteiger partial charge in [0.1, 0.15) is 0 Å². The number of thiophene rings is 1. The number of benzene rings is 2. The van der Waals surface area contributed by atoms with E-state index in [4.69, 9.17) is 0 Å². The molecule has 34 heavy (non-hydrogen) atoms. The number of para-hydroxylation sites is 2. The van der Waals surface area contributed by atoms with Crippen LogP contribution < -0.4 is 16.0 Å². The van der Waals surface area contributed by atoms with Crippen molar-refractivity contribution in [1.29, 1.82) is 5.26 Å². The average molecular weight is 487 g/mol. The number of allylic oxidation sites excluding steroid dienone is 2. The summed E-state index contributed by atoms with van der Waals surface area (Å²) >= 11 is 2.74. The Balaban J connectivity index is 1.59. The van der Waals surface area contributed by atoms with Crippen LogP contribution in [0.5, 0.6) is 0 Å². The number of amides is 2. The van der Waals surface area contributed by atoms with Crippen LogP contribution in [0.3, 0.4) is 0 Å². The highest BCUT2D eigenvalue weighted by Crippen LogP contribution is 2.42. The third-order valence-corrected chi connectivity index (χ3v) is 7.11. The van der Waals surface area contributed by atoms with E-state index in [1.54, 1.807) is 0 Å². The van der Waals surface area contributed by atoms with E-state index >= 15 is 0 Å². The van der Waals surface area contributed by atoms with E-state index in [0.29, 0.717) is 33.2 Å². The molecule has 3 N–H and O–H groups in total. The molecule has 0 aliphatic carbocycles. The van der Waals surface area contributed by atoms with Gasteiger partial charge in [-0.3, -0.25) is 9.59 Å². The van der Waals surface area contributed by atoms with Gasteiger partial charge in [-0.25, -0.2) is 0 Å². The average Bonchev–Trinajstić information content (AvgIpc) is 3.38. The molecule has 0 spiro atoms. The highest BCUT2D eigenvalue weighted by atomic mass is 32.2. The number of nitriles is 1. The molecule has 0 fully saturated rings. The minimum absolute atomic E-state index is 0.123. The first-order chi connectivity index (χ1) is 16.6. The summed E-state index contributed by atoms with van der Waals surface area (Å²) in [5, 5.41) is 21.6. The van der Waals surface area contributed by atoms with E-state index in [2.05, 4.69) is 22.0 Å². The Bertz CT molecular complexity index is 1280. The van der Waals surface area contributed by atoms with Crippen molar-refractivity contribution in [3.8, 4) is 6.07 Å². The number of nitrogens with one attached hydrogen (secondary N) is 3. The Labute approximate surface area is 206 Å². The van der Waals surface area contributed by atoms with Crippen LogP contribution in [-0.2, 0) is 9.59 Å². The molecule has 0 saturated heterocycles. The van der Waals surface area contributed by atoms with Crippen molar-refractivity contribution in [2.45, 2.75) is 12.8 Å². The number of nitrogens with zero attached hydrogens (tertiary/aromatic N) is 1. The van der Waals surface area contributed by atoms with Crippen molar-refractivity contribution >= 4 is 46.3 Å². The van der Waals surface area contributed by atoms with Crippen molar-refractivity contribution in [1.82, 2.24) is 5.32 Å². The zero-order valence-corrected chi connectivity index (χ0v) is 20.0. The van der Waals surface area contributed by atoms with Crippen LogP contribution >= 0.6 is 23.1 Å². The van der Waals surface area contributed by atoms with Gasteiger partial charge < -0.3 is 16.0 Å². The predicted octanol–water partition coefficient (Wildman–Crippen LogP) is 5.45. The molecule has 170 valence electrons. The molecule has 0 unspecified atom stereocenters. The van der Waals surface area contributed by atoms with Gasteiger partial charge in [0.05, 0.1) is 28.3 Å². The van der Waals surface area contributed by atoms with E-state index in [1.165, 1.54) is 23.1 Å². The molecule has 8 heteroatoms. The minimum Gasteiger partial charge on any atom is -0.353 e. The Morgan fingerprint density at radius 3 is 2.24 bits per heavy atom. The highest BCUT2D eigenvalue weighted by Gasteiger charge is 2.35. The number of hydrogen-bond acceptors (Lipinski definition) is 6. The van der Waals surface area contributed by atoms with E-state index in [1.807, 2.05) is 85.1 Å². The second-order valence-electron chi connectivity index (χ2n) is 7.49. The quantitative estimate of drug-likeness (QED) is 0.413. The summed E-state index contributed by atoms with van der Waals surface area (Å²) in [6.07, 6.45) is 0. The fraction of sp³-hybridized carbons (Fsp3) is 0.115. The van der Waals surface area contributed by atoms with Gasteiger partial charge >= 0.3 is 0 Å². The Morgan fingerprint density at radius 1 is 1.00 bits per heavy atom. The summed E-state index contributed by atoms with van der Waals surface area (Å²) in [7, 11) is 0. The summed E-state index contributed by atoms with van der Waals surface area (Å²) < 4.78 is 0. The molecule has 0 radical (unpaired) electrons. The number of anilines is 2. The largest absolute Gasteiger partial charge is 0.353 e. The maximum atomic E-state index is 13.3. The maximum absolute atomic E-state index is 13.3. The smallest absolute Gasteiger partial charge is 0.254 e. The second kappa shape index (κ2) is 10.9. The highest BCUT2D eigenvalue weighted by molar-refractivity contribution is 8.03. The van der Waals surface area contributed by atoms with Crippen LogP contribution in [0.15, 0.2) is 100 Å². The fourth-order valence-corrected chi connectivity index (χ4v) is 5.38. The molecule has 1 atom stereocenters. The standard InChI is InChI=1S/C26H22N4O2S2/c1-17-23(25(32)30-19-11-6-3-7-12-19)24(21-13-8-14-33-21)20(15-27)26(28-17)34-16-22(31)29-18-9-4-2-5-10-18/h2-14,24,28H,16H2,1H3,(H,29,31)(H,30,32)/t24-/m1/s1. The lowest BCUT2D eigenvalue weighted by Crippen LogP contribution is -2.30. The summed E-state index contributed by atoms with van der Waals surface area (Å²) in [6.45, 7) is 1.82. The van der Waals surface area contributed by atoms with E-state index in [-0.39, 0.29) is 17.6 Å². The van der Waals surface area contributed by atoms with Gasteiger partial charge in [-0.15, -0.1) is 11.3 Å². The third-order valence-electron chi connectivity index (χ3n) is 5.16. The molecule has 0 saturated carbocycles. The molecule has 4 rings (SSSR count). The van der Waals surface area contributed by atoms with Gasteiger partial charge in [-0.1, -0.05) is 54.2 Å². The van der Waals surface area contributed by atoms with Gasteiger partial charge in [0, 0.05) is 27.5 Å². The van der Waals surface area contributed by atoms with Gasteiger partial charge in [0.2, 0.25) is 5.91 Å². The summed E-state index contributed by atoms with van der Waals surface area (Å²) in [5.74, 6) is -0.842. The zero-order chi connectivity index (χ0) is 23.9. The van der Waals surface area contributed by atoms with Crippen molar-refractivity contribution in [2.24, 2.45) is 0 Å². The van der Waals surface area contributed by atoms with Gasteiger partial charge in [-0.2, -0.15) is 5.26 Å². The van der Waals surface area contributed by atoms with Crippen LogP contribution in [0, 0.1) is 11.3 Å². The summed E-state index contributed by atoms with van der Waals surface area (Å²) in [5.41, 5.74) is 2.95.